The maximum absolute atomic E-state index is 13.0. The van der Waals surface area contributed by atoms with Crippen LogP contribution < -0.4 is 5.32 Å². The zero-order valence-corrected chi connectivity index (χ0v) is 23.8. The van der Waals surface area contributed by atoms with E-state index >= 15 is 0 Å². The Kier molecular flexibility index (Phi) is 9.02. The van der Waals surface area contributed by atoms with Crippen LogP contribution in [0.4, 0.5) is 4.79 Å². The number of aryl methyl sites for hydroxylation is 2. The third kappa shape index (κ3) is 7.22. The van der Waals surface area contributed by atoms with Crippen molar-refractivity contribution in [2.75, 3.05) is 39.3 Å². The Balaban J connectivity index is 1.41. The Morgan fingerprint density at radius 1 is 1.13 bits per heavy atom. The molecular weight excluding hydrogens is 494 g/mol. The summed E-state index contributed by atoms with van der Waals surface area (Å²) >= 11 is 0. The molecular formula is C30H41N5O4. The number of rotatable bonds is 9. The summed E-state index contributed by atoms with van der Waals surface area (Å²) in [4.78, 5) is 48.7. The predicted molar refractivity (Wildman–Crippen MR) is 150 cm³/mol. The fourth-order valence-corrected chi connectivity index (χ4v) is 5.19. The summed E-state index contributed by atoms with van der Waals surface area (Å²) in [6.45, 7) is 14.2. The number of piperazine rings is 1. The Labute approximate surface area is 231 Å². The van der Waals surface area contributed by atoms with E-state index in [2.05, 4.69) is 28.2 Å². The number of aromatic nitrogens is 1. The number of hydrogen-bond donors (Lipinski definition) is 1. The highest BCUT2D eigenvalue weighted by atomic mass is 16.6. The minimum Gasteiger partial charge on any atom is -0.444 e. The molecule has 1 saturated heterocycles. The van der Waals surface area contributed by atoms with Crippen LogP contribution in [0.2, 0.25) is 0 Å². The summed E-state index contributed by atoms with van der Waals surface area (Å²) in [5, 5.41) is 3.42. The van der Waals surface area contributed by atoms with Crippen LogP contribution in [0.3, 0.4) is 0 Å². The van der Waals surface area contributed by atoms with Crippen LogP contribution >= 0.6 is 0 Å². The van der Waals surface area contributed by atoms with Gasteiger partial charge in [0.05, 0.1) is 22.9 Å². The van der Waals surface area contributed by atoms with Crippen LogP contribution in [0.5, 0.6) is 0 Å². The van der Waals surface area contributed by atoms with Gasteiger partial charge in [0.15, 0.2) is 0 Å². The van der Waals surface area contributed by atoms with Crippen molar-refractivity contribution < 1.29 is 19.1 Å². The number of imide groups is 1. The minimum atomic E-state index is -0.556. The topological polar surface area (TPSA) is 95.1 Å². The van der Waals surface area contributed by atoms with Crippen LogP contribution in [0.25, 0.3) is 0 Å². The van der Waals surface area contributed by atoms with Gasteiger partial charge in [0.2, 0.25) is 0 Å². The molecule has 1 aromatic carbocycles. The maximum atomic E-state index is 13.0. The molecule has 0 unspecified atom stereocenters. The van der Waals surface area contributed by atoms with E-state index in [-0.39, 0.29) is 23.9 Å². The number of hydrogen-bond acceptors (Lipinski definition) is 7. The number of carbonyl (C=O) groups is 3. The van der Waals surface area contributed by atoms with E-state index in [9.17, 15) is 14.4 Å². The molecule has 1 aromatic heterocycles. The quantitative estimate of drug-likeness (QED) is 0.386. The molecule has 2 aliphatic rings. The number of benzene rings is 1. The van der Waals surface area contributed by atoms with E-state index in [1.807, 2.05) is 38.8 Å². The van der Waals surface area contributed by atoms with Crippen LogP contribution in [0.1, 0.15) is 71.1 Å². The Morgan fingerprint density at radius 3 is 2.46 bits per heavy atom. The largest absolute Gasteiger partial charge is 0.444 e. The highest BCUT2D eigenvalue weighted by Gasteiger charge is 2.35. The summed E-state index contributed by atoms with van der Waals surface area (Å²) in [6, 6.07) is 9.08. The Hall–Kier alpha value is -3.30. The third-order valence-electron chi connectivity index (χ3n) is 7.13. The summed E-state index contributed by atoms with van der Waals surface area (Å²) in [6.07, 6.45) is 3.09. The average molecular weight is 536 g/mol. The number of unbranched alkanes of at least 4 members (excludes halogenated alkanes) is 1. The molecule has 2 aliphatic heterocycles. The van der Waals surface area contributed by atoms with Gasteiger partial charge in [-0.2, -0.15) is 0 Å². The molecule has 2 aromatic rings. The van der Waals surface area contributed by atoms with Crippen molar-refractivity contribution in [2.45, 2.75) is 65.6 Å². The molecule has 210 valence electrons. The van der Waals surface area contributed by atoms with Crippen LogP contribution in [-0.4, -0.2) is 88.5 Å². The van der Waals surface area contributed by atoms with E-state index in [4.69, 9.17) is 4.74 Å². The van der Waals surface area contributed by atoms with Gasteiger partial charge in [0, 0.05) is 45.5 Å². The summed E-state index contributed by atoms with van der Waals surface area (Å²) < 4.78 is 5.70. The molecule has 1 N–H and O–H groups in total. The SMILES string of the molecule is Cc1cnc(CN(CCCCN2C(=O)c3ccccc3C2=O)C[C@H]2CNCCN2C(=O)OC(C)(C)C)c(C)c1. The van der Waals surface area contributed by atoms with Gasteiger partial charge in [0.1, 0.15) is 5.60 Å². The van der Waals surface area contributed by atoms with E-state index < -0.39 is 5.60 Å². The van der Waals surface area contributed by atoms with E-state index in [0.717, 1.165) is 36.3 Å². The molecule has 3 heterocycles. The monoisotopic (exact) mass is 535 g/mol. The van der Waals surface area contributed by atoms with Crippen molar-refractivity contribution in [1.29, 1.82) is 0 Å². The van der Waals surface area contributed by atoms with Crippen molar-refractivity contribution in [3.63, 3.8) is 0 Å². The van der Waals surface area contributed by atoms with Gasteiger partial charge in [0.25, 0.3) is 11.8 Å². The Bertz CT molecular complexity index is 1170. The second-order valence-electron chi connectivity index (χ2n) is 11.6. The second kappa shape index (κ2) is 12.3. The summed E-state index contributed by atoms with van der Waals surface area (Å²) in [5.74, 6) is -0.429. The molecule has 4 rings (SSSR count). The normalized spacial score (nSPS) is 17.6. The molecule has 1 atom stereocenters. The lowest BCUT2D eigenvalue weighted by molar-refractivity contribution is 0.00715. The van der Waals surface area contributed by atoms with Gasteiger partial charge < -0.3 is 15.0 Å². The van der Waals surface area contributed by atoms with Gasteiger partial charge in [-0.05, 0) is 77.3 Å². The fraction of sp³-hybridized carbons (Fsp3) is 0.533. The van der Waals surface area contributed by atoms with E-state index in [0.29, 0.717) is 50.3 Å². The summed E-state index contributed by atoms with van der Waals surface area (Å²) in [5.41, 5.74) is 3.68. The molecule has 0 radical (unpaired) electrons. The molecule has 1 fully saturated rings. The molecule has 3 amide bonds. The predicted octanol–water partition coefficient (Wildman–Crippen LogP) is 3.79. The van der Waals surface area contributed by atoms with Crippen LogP contribution in [-0.2, 0) is 11.3 Å². The first-order valence-corrected chi connectivity index (χ1v) is 13.8. The lowest BCUT2D eigenvalue weighted by Crippen LogP contribution is -2.58. The number of ether oxygens (including phenoxy) is 1. The molecule has 0 bridgehead atoms. The first-order valence-electron chi connectivity index (χ1n) is 13.8. The van der Waals surface area contributed by atoms with Crippen molar-refractivity contribution >= 4 is 17.9 Å². The molecule has 0 spiro atoms. The molecule has 39 heavy (non-hydrogen) atoms. The average Bonchev–Trinajstić information content (AvgIpc) is 3.12. The van der Waals surface area contributed by atoms with Gasteiger partial charge in [-0.1, -0.05) is 18.2 Å². The zero-order valence-electron chi connectivity index (χ0n) is 23.8. The number of nitrogens with one attached hydrogen (secondary N) is 1. The number of amides is 3. The molecule has 0 saturated carbocycles. The lowest BCUT2D eigenvalue weighted by atomic mass is 10.1. The van der Waals surface area contributed by atoms with Crippen LogP contribution in [0.15, 0.2) is 36.5 Å². The molecule has 0 aliphatic carbocycles. The standard InChI is InChI=1S/C30H41N5O4/c1-21-16-22(2)26(32-17-21)20-33(19-23-18-31-12-15-34(23)29(38)39-30(3,4)5)13-8-9-14-35-27(36)24-10-6-7-11-25(24)28(35)37/h6-7,10-11,16-17,23,31H,8-9,12-15,18-20H2,1-5H3/t23-/m1/s1. The van der Waals surface area contributed by atoms with Crippen LogP contribution in [0, 0.1) is 13.8 Å². The van der Waals surface area contributed by atoms with Gasteiger partial charge in [-0.25, -0.2) is 4.79 Å². The fourth-order valence-electron chi connectivity index (χ4n) is 5.19. The number of nitrogens with zero attached hydrogens (tertiary/aromatic N) is 4. The van der Waals surface area contributed by atoms with Crippen molar-refractivity contribution in [2.24, 2.45) is 0 Å². The van der Waals surface area contributed by atoms with Gasteiger partial charge in [-0.3, -0.25) is 24.4 Å². The maximum Gasteiger partial charge on any atom is 0.410 e. The second-order valence-corrected chi connectivity index (χ2v) is 11.6. The van der Waals surface area contributed by atoms with Gasteiger partial charge in [-0.15, -0.1) is 0 Å². The molecule has 9 nitrogen and oxygen atoms in total. The molecule has 9 heteroatoms. The highest BCUT2D eigenvalue weighted by molar-refractivity contribution is 6.21. The smallest absolute Gasteiger partial charge is 0.410 e. The first kappa shape index (κ1) is 28.7. The number of fused-ring (bicyclic) bond motifs is 1. The van der Waals surface area contributed by atoms with Crippen molar-refractivity contribution in [3.8, 4) is 0 Å². The summed E-state index contributed by atoms with van der Waals surface area (Å²) in [7, 11) is 0. The Morgan fingerprint density at radius 2 is 1.82 bits per heavy atom. The number of carbonyl (C=O) groups excluding carboxylic acids is 3. The first-order chi connectivity index (χ1) is 18.5. The third-order valence-corrected chi connectivity index (χ3v) is 7.13. The van der Waals surface area contributed by atoms with E-state index in [1.165, 1.54) is 4.90 Å². The van der Waals surface area contributed by atoms with E-state index in [1.54, 1.807) is 24.3 Å². The lowest BCUT2D eigenvalue weighted by Gasteiger charge is -2.39. The zero-order chi connectivity index (χ0) is 28.2. The highest BCUT2D eigenvalue weighted by Crippen LogP contribution is 2.23. The van der Waals surface area contributed by atoms with Gasteiger partial charge >= 0.3 is 6.09 Å². The number of pyridine rings is 1. The minimum absolute atomic E-state index is 0.0457. The van der Waals surface area contributed by atoms with Crippen molar-refractivity contribution in [1.82, 2.24) is 25.0 Å². The van der Waals surface area contributed by atoms with Crippen molar-refractivity contribution in [3.05, 3.63) is 64.5 Å².